The van der Waals surface area contributed by atoms with Crippen molar-refractivity contribution in [1.29, 1.82) is 0 Å². The van der Waals surface area contributed by atoms with E-state index in [9.17, 15) is 0 Å². The number of benzene rings is 5. The fraction of sp³-hybridized carbons (Fsp3) is 0.167. The summed E-state index contributed by atoms with van der Waals surface area (Å²) in [4.78, 5) is 0. The van der Waals surface area contributed by atoms with Crippen LogP contribution >= 0.6 is 0 Å². The number of nitrogens with one attached hydrogen (secondary N) is 1. The third-order valence-corrected chi connectivity index (χ3v) is 8.69. The maximum Gasteiger partial charge on any atom is 0.0467 e. The standard InChI is InChI=1S/C36H31N/c1-35(2)28-14-7-5-11-26(28)33-25(13-9-16-30(33)35)23-19-21-24(22-20-23)37-32-18-10-17-31-34(32)27-12-6-8-15-29(27)36(31,3)4/h5-22,37H,1-4H3. The largest absolute Gasteiger partial charge is 0.355 e. The molecule has 0 aliphatic heterocycles. The molecule has 1 heteroatoms. The van der Waals surface area contributed by atoms with Crippen LogP contribution in [0.5, 0.6) is 0 Å². The Labute approximate surface area is 219 Å². The maximum atomic E-state index is 3.74. The summed E-state index contributed by atoms with van der Waals surface area (Å²) in [6, 6.07) is 40.1. The van der Waals surface area contributed by atoms with Gasteiger partial charge in [0.1, 0.15) is 0 Å². The van der Waals surface area contributed by atoms with Gasteiger partial charge in [-0.05, 0) is 68.3 Å². The summed E-state index contributed by atoms with van der Waals surface area (Å²) in [7, 11) is 0. The minimum absolute atomic E-state index is 0.00519. The number of anilines is 2. The molecule has 7 rings (SSSR count). The zero-order chi connectivity index (χ0) is 25.4. The topological polar surface area (TPSA) is 12.0 Å². The van der Waals surface area contributed by atoms with Gasteiger partial charge in [-0.3, -0.25) is 0 Å². The van der Waals surface area contributed by atoms with Crippen molar-refractivity contribution in [3.8, 4) is 33.4 Å². The lowest BCUT2D eigenvalue weighted by molar-refractivity contribution is 0.660. The maximum absolute atomic E-state index is 3.74. The Morgan fingerprint density at radius 1 is 0.432 bits per heavy atom. The SMILES string of the molecule is CC1(C)c2ccccc2-c2c(Nc3ccc(-c4cccc5c4-c4ccccc4C5(C)C)cc3)cccc21. The summed E-state index contributed by atoms with van der Waals surface area (Å²) in [6.45, 7) is 9.33. The van der Waals surface area contributed by atoms with E-state index in [4.69, 9.17) is 0 Å². The second-order valence-electron chi connectivity index (χ2n) is 11.5. The summed E-state index contributed by atoms with van der Waals surface area (Å²) in [5, 5.41) is 3.74. The van der Waals surface area contributed by atoms with Gasteiger partial charge >= 0.3 is 0 Å². The average Bonchev–Trinajstić information content (AvgIpc) is 3.30. The predicted octanol–water partition coefficient (Wildman–Crippen LogP) is 9.71. The molecule has 180 valence electrons. The highest BCUT2D eigenvalue weighted by atomic mass is 14.9. The third kappa shape index (κ3) is 3.10. The lowest BCUT2D eigenvalue weighted by atomic mass is 9.82. The van der Waals surface area contributed by atoms with Gasteiger partial charge in [0.2, 0.25) is 0 Å². The van der Waals surface area contributed by atoms with Crippen LogP contribution < -0.4 is 5.32 Å². The molecule has 0 heterocycles. The highest BCUT2D eigenvalue weighted by Crippen LogP contribution is 2.53. The first-order valence-corrected chi connectivity index (χ1v) is 13.2. The quantitative estimate of drug-likeness (QED) is 0.273. The molecule has 2 aliphatic carbocycles. The normalized spacial score (nSPS) is 15.5. The van der Waals surface area contributed by atoms with E-state index in [1.807, 2.05) is 0 Å². The smallest absolute Gasteiger partial charge is 0.0467 e. The zero-order valence-corrected chi connectivity index (χ0v) is 21.9. The van der Waals surface area contributed by atoms with Gasteiger partial charge in [-0.1, -0.05) is 119 Å². The Bertz CT molecular complexity index is 1690. The highest BCUT2D eigenvalue weighted by molar-refractivity contribution is 5.94. The molecule has 2 aliphatic rings. The summed E-state index contributed by atoms with van der Waals surface area (Å²) in [5.74, 6) is 0. The van der Waals surface area contributed by atoms with Crippen molar-refractivity contribution in [3.05, 3.63) is 131 Å². The summed E-state index contributed by atoms with van der Waals surface area (Å²) in [5.41, 5.74) is 15.9. The average molecular weight is 478 g/mol. The summed E-state index contributed by atoms with van der Waals surface area (Å²) < 4.78 is 0. The molecule has 0 radical (unpaired) electrons. The first-order valence-electron chi connectivity index (χ1n) is 13.2. The van der Waals surface area contributed by atoms with Crippen LogP contribution in [-0.2, 0) is 10.8 Å². The first kappa shape index (κ1) is 22.1. The highest BCUT2D eigenvalue weighted by Gasteiger charge is 2.37. The van der Waals surface area contributed by atoms with Crippen molar-refractivity contribution in [1.82, 2.24) is 0 Å². The number of hydrogen-bond donors (Lipinski definition) is 1. The van der Waals surface area contributed by atoms with Crippen molar-refractivity contribution >= 4 is 11.4 Å². The van der Waals surface area contributed by atoms with Gasteiger partial charge in [0, 0.05) is 27.8 Å². The van der Waals surface area contributed by atoms with Gasteiger partial charge < -0.3 is 5.32 Å². The lowest BCUT2D eigenvalue weighted by Gasteiger charge is -2.22. The third-order valence-electron chi connectivity index (χ3n) is 8.69. The van der Waals surface area contributed by atoms with Crippen molar-refractivity contribution in [2.24, 2.45) is 0 Å². The van der Waals surface area contributed by atoms with Gasteiger partial charge in [-0.25, -0.2) is 0 Å². The van der Waals surface area contributed by atoms with Crippen LogP contribution in [0.15, 0.2) is 109 Å². The fourth-order valence-electron chi connectivity index (χ4n) is 6.74. The first-order chi connectivity index (χ1) is 17.9. The van der Waals surface area contributed by atoms with E-state index in [0.29, 0.717) is 0 Å². The fourth-order valence-corrected chi connectivity index (χ4v) is 6.74. The minimum Gasteiger partial charge on any atom is -0.355 e. The van der Waals surface area contributed by atoms with Gasteiger partial charge in [0.15, 0.2) is 0 Å². The summed E-state index contributed by atoms with van der Waals surface area (Å²) >= 11 is 0. The van der Waals surface area contributed by atoms with Gasteiger partial charge in [-0.15, -0.1) is 0 Å². The Morgan fingerprint density at radius 2 is 0.919 bits per heavy atom. The molecule has 5 aromatic rings. The molecule has 0 aromatic heterocycles. The molecule has 0 atom stereocenters. The lowest BCUT2D eigenvalue weighted by Crippen LogP contribution is -2.14. The molecule has 0 spiro atoms. The monoisotopic (exact) mass is 477 g/mol. The van der Waals surface area contributed by atoms with Gasteiger partial charge in [0.05, 0.1) is 0 Å². The van der Waals surface area contributed by atoms with Gasteiger partial charge in [0.25, 0.3) is 0 Å². The molecule has 0 fully saturated rings. The Hall–Kier alpha value is -4.10. The second kappa shape index (κ2) is 7.70. The van der Waals surface area contributed by atoms with E-state index in [2.05, 4.69) is 142 Å². The molecule has 0 saturated carbocycles. The minimum atomic E-state index is 0.00519. The van der Waals surface area contributed by atoms with Crippen molar-refractivity contribution in [2.75, 3.05) is 5.32 Å². The number of fused-ring (bicyclic) bond motifs is 6. The Morgan fingerprint density at radius 3 is 1.57 bits per heavy atom. The molecular weight excluding hydrogens is 446 g/mol. The van der Waals surface area contributed by atoms with E-state index in [0.717, 1.165) is 5.69 Å². The van der Waals surface area contributed by atoms with Crippen LogP contribution in [0, 0.1) is 0 Å². The van der Waals surface area contributed by atoms with Crippen molar-refractivity contribution in [3.63, 3.8) is 0 Å². The van der Waals surface area contributed by atoms with Crippen LogP contribution in [0.2, 0.25) is 0 Å². The van der Waals surface area contributed by atoms with Crippen LogP contribution in [-0.4, -0.2) is 0 Å². The number of rotatable bonds is 3. The molecule has 5 aromatic carbocycles. The zero-order valence-electron chi connectivity index (χ0n) is 21.9. The predicted molar refractivity (Wildman–Crippen MR) is 157 cm³/mol. The molecule has 1 N–H and O–H groups in total. The Balaban J connectivity index is 1.27. The molecule has 0 bridgehead atoms. The van der Waals surface area contributed by atoms with Crippen LogP contribution in [0.4, 0.5) is 11.4 Å². The van der Waals surface area contributed by atoms with E-state index in [1.165, 1.54) is 61.3 Å². The molecule has 0 amide bonds. The van der Waals surface area contributed by atoms with E-state index in [1.54, 1.807) is 0 Å². The molecule has 0 saturated heterocycles. The van der Waals surface area contributed by atoms with Crippen molar-refractivity contribution in [2.45, 2.75) is 38.5 Å². The van der Waals surface area contributed by atoms with Gasteiger partial charge in [-0.2, -0.15) is 0 Å². The van der Waals surface area contributed by atoms with E-state index < -0.39 is 0 Å². The molecule has 37 heavy (non-hydrogen) atoms. The Kier molecular flexibility index (Phi) is 4.60. The number of hydrogen-bond acceptors (Lipinski definition) is 1. The molecular formula is C36H31N. The molecule has 0 unspecified atom stereocenters. The van der Waals surface area contributed by atoms with Crippen LogP contribution in [0.25, 0.3) is 33.4 Å². The van der Waals surface area contributed by atoms with E-state index in [-0.39, 0.29) is 10.8 Å². The van der Waals surface area contributed by atoms with Crippen LogP contribution in [0.3, 0.4) is 0 Å². The summed E-state index contributed by atoms with van der Waals surface area (Å²) in [6.07, 6.45) is 0. The molecule has 1 nitrogen and oxygen atoms in total. The van der Waals surface area contributed by atoms with Crippen LogP contribution in [0.1, 0.15) is 49.9 Å². The van der Waals surface area contributed by atoms with E-state index >= 15 is 0 Å². The second-order valence-corrected chi connectivity index (χ2v) is 11.5. The van der Waals surface area contributed by atoms with Crippen molar-refractivity contribution < 1.29 is 0 Å².